The van der Waals surface area contributed by atoms with Gasteiger partial charge in [0.1, 0.15) is 22.5 Å². The van der Waals surface area contributed by atoms with Crippen LogP contribution in [-0.4, -0.2) is 156 Å². The molecule has 2 aliphatic heterocycles. The van der Waals surface area contributed by atoms with Gasteiger partial charge in [-0.1, -0.05) is 34.1 Å². The SMILES string of the molecule is C.CCCc1c(C(O)CC#N)c(C)c2c(=O)[nH]c(-c3cc(S(=O)(=O)N4CCN(C)CC4)ccc3OCC)nn12.CCCc1c(C=O)c(C)c2c(=O)[nH]c(-c3cc(S(=O)(=O)N4CCN(C)CC4)ccc3OCC)nn12.[CH2-]C#N.[Li+]. The fourth-order valence-corrected chi connectivity index (χ4v) is 12.4. The molecule has 0 spiro atoms. The number of benzene rings is 2. The van der Waals surface area contributed by atoms with Crippen molar-refractivity contribution in [3.05, 3.63) is 97.7 Å². The van der Waals surface area contributed by atoms with Crippen molar-refractivity contribution in [3.8, 4) is 46.4 Å². The number of sulfonamides is 2. The number of aliphatic hydroxyl groups is 1. The molecule has 2 aliphatic rings. The minimum absolute atomic E-state index is 0. The van der Waals surface area contributed by atoms with Gasteiger partial charge in [0.15, 0.2) is 17.9 Å². The van der Waals surface area contributed by atoms with E-state index in [1.54, 1.807) is 26.0 Å². The second-order valence-electron chi connectivity index (χ2n) is 18.3. The molecule has 0 amide bonds. The molecule has 3 N–H and O–H groups in total. The minimum atomic E-state index is -3.78. The van der Waals surface area contributed by atoms with Gasteiger partial charge >= 0.3 is 18.9 Å². The second kappa shape index (κ2) is 28.0. The standard InChI is InChI=1S/C26H34N6O5S.C24H31N5O5S.C2H2N.CH4.Li/c1-5-7-20-23(21(33)10-11-27)17(3)24-26(34)28-25(29-32(20)24)19-16-18(8-9-22(19)37-6-2)38(35,36)31-14-12-30(4)13-15-31;1-5-7-20-19(15-30)16(3)22-24(31)25-23(26-29(20)22)18-14-17(8-9-21(18)34-6-2)35(32,33)28-12-10-27(4)11-13-28;1-2-3;;/h8-9,16,21,33H,5-7,10,12-15H2,1-4H3,(H,28,29,34);8-9,14-15H,5-7,10-13H2,1-4H3,(H,25,26,31);1H2;1H4;/q;;-1;;+1. The summed E-state index contributed by atoms with van der Waals surface area (Å²) in [6.07, 6.45) is 2.17. The van der Waals surface area contributed by atoms with Crippen LogP contribution in [0.3, 0.4) is 0 Å². The number of piperazine rings is 2. The van der Waals surface area contributed by atoms with E-state index in [-0.39, 0.29) is 59.7 Å². The molecule has 0 bridgehead atoms. The summed E-state index contributed by atoms with van der Waals surface area (Å²) in [5.41, 5.74) is 3.86. The third-order valence-electron chi connectivity index (χ3n) is 13.3. The summed E-state index contributed by atoms with van der Waals surface area (Å²) >= 11 is 0. The predicted molar refractivity (Wildman–Crippen MR) is 293 cm³/mol. The van der Waals surface area contributed by atoms with Gasteiger partial charge in [0, 0.05) is 69.2 Å². The van der Waals surface area contributed by atoms with Gasteiger partial charge < -0.3 is 41.3 Å². The van der Waals surface area contributed by atoms with Crippen molar-refractivity contribution in [2.45, 2.75) is 97.0 Å². The Morgan fingerprint density at radius 1 is 0.718 bits per heavy atom. The quantitative estimate of drug-likeness (QED) is 0.0671. The molecule has 0 radical (unpaired) electrons. The maximum Gasteiger partial charge on any atom is 1.00 e. The third kappa shape index (κ3) is 13.4. The molecule has 2 fully saturated rings. The van der Waals surface area contributed by atoms with E-state index in [4.69, 9.17) is 25.1 Å². The number of hydrogen-bond acceptors (Lipinski definition) is 16. The normalized spacial score (nSPS) is 14.9. The number of fused-ring (bicyclic) bond motifs is 2. The maximum absolute atomic E-state index is 13.5. The summed E-state index contributed by atoms with van der Waals surface area (Å²) in [5.74, 6) is 1.11. The summed E-state index contributed by atoms with van der Waals surface area (Å²) in [4.78, 5) is 48.1. The van der Waals surface area contributed by atoms with Gasteiger partial charge in [-0.05, 0) is 102 Å². The number of aliphatic hydroxyl groups excluding tert-OH is 1. The summed E-state index contributed by atoms with van der Waals surface area (Å²) in [7, 11) is -3.60. The van der Waals surface area contributed by atoms with Gasteiger partial charge in [0.05, 0.1) is 58.4 Å². The van der Waals surface area contributed by atoms with Gasteiger partial charge in [-0.2, -0.15) is 13.9 Å². The molecule has 2 aromatic carbocycles. The maximum atomic E-state index is 13.5. The van der Waals surface area contributed by atoms with E-state index in [0.717, 1.165) is 19.1 Å². The molecule has 6 heterocycles. The van der Waals surface area contributed by atoms with Crippen molar-refractivity contribution in [2.75, 3.05) is 79.7 Å². The van der Waals surface area contributed by atoms with E-state index in [1.165, 1.54) is 48.0 Å². The number of aromatic amines is 2. The van der Waals surface area contributed by atoms with Crippen LogP contribution in [0.2, 0.25) is 0 Å². The van der Waals surface area contributed by atoms with Crippen LogP contribution in [0.15, 0.2) is 55.8 Å². The van der Waals surface area contributed by atoms with Crippen LogP contribution in [0.1, 0.15) is 98.9 Å². The number of likely N-dealkylation sites (N-methyl/N-ethyl adjacent to an activating group) is 2. The number of aromatic nitrogens is 6. The molecule has 0 saturated carbocycles. The monoisotopic (exact) mass is 1110 g/mol. The van der Waals surface area contributed by atoms with Gasteiger partial charge in [0.25, 0.3) is 11.1 Å². The first kappa shape index (κ1) is 64.2. The Morgan fingerprint density at radius 3 is 1.50 bits per heavy atom. The van der Waals surface area contributed by atoms with E-state index in [2.05, 4.69) is 31.8 Å². The van der Waals surface area contributed by atoms with Crippen molar-refractivity contribution in [1.82, 2.24) is 47.6 Å². The van der Waals surface area contributed by atoms with Crippen molar-refractivity contribution >= 4 is 37.4 Å². The average molecular weight is 1110 g/mol. The zero-order valence-electron chi connectivity index (χ0n) is 45.3. The third-order valence-corrected chi connectivity index (χ3v) is 17.1. The fourth-order valence-electron chi connectivity index (χ4n) is 9.45. The molecule has 416 valence electrons. The zero-order chi connectivity index (χ0) is 55.6. The number of carbonyl (C=O) groups is 1. The number of nitrogens with one attached hydrogen (secondary N) is 2. The van der Waals surface area contributed by atoms with Crippen molar-refractivity contribution in [2.24, 2.45) is 0 Å². The Balaban J connectivity index is 0.000000314. The van der Waals surface area contributed by atoms with Gasteiger partial charge in [0.2, 0.25) is 20.0 Å². The number of aryl methyl sites for hydroxylation is 4. The molecule has 2 saturated heterocycles. The van der Waals surface area contributed by atoms with E-state index in [9.17, 15) is 36.3 Å². The first-order valence-corrected chi connectivity index (χ1v) is 28.0. The summed E-state index contributed by atoms with van der Waals surface area (Å²) < 4.78 is 71.2. The van der Waals surface area contributed by atoms with Crippen LogP contribution < -0.4 is 39.5 Å². The van der Waals surface area contributed by atoms with E-state index in [1.807, 2.05) is 47.9 Å². The minimum Gasteiger partial charge on any atom is -0.493 e. The Hall–Kier alpha value is -6.30. The van der Waals surface area contributed by atoms with Crippen LogP contribution in [0, 0.1) is 43.4 Å². The number of carbonyl (C=O) groups excluding carboxylic acids is 1. The number of nitrogens with zero attached hydrogens (tertiary/aromatic N) is 10. The topological polar surface area (TPSA) is 285 Å². The number of rotatable bonds is 17. The van der Waals surface area contributed by atoms with Crippen LogP contribution >= 0.6 is 0 Å². The van der Waals surface area contributed by atoms with Crippen molar-refractivity contribution in [1.29, 1.82) is 10.5 Å². The molecule has 1 atom stereocenters. The number of nitriles is 2. The Kier molecular flexibility index (Phi) is 23.1. The molecule has 25 heteroatoms. The second-order valence-corrected chi connectivity index (χ2v) is 22.2. The number of hydrogen-bond donors (Lipinski definition) is 3. The molecular weight excluding hydrogens is 1040 g/mol. The van der Waals surface area contributed by atoms with Crippen LogP contribution in [0.25, 0.3) is 33.8 Å². The molecule has 78 heavy (non-hydrogen) atoms. The van der Waals surface area contributed by atoms with Gasteiger partial charge in [-0.3, -0.25) is 14.4 Å². The van der Waals surface area contributed by atoms with Crippen LogP contribution in [-0.2, 0) is 32.9 Å². The van der Waals surface area contributed by atoms with Gasteiger partial charge in [-0.25, -0.2) is 31.1 Å². The first-order valence-electron chi connectivity index (χ1n) is 25.1. The fraction of sp³-hybridized carbons (Fsp3) is 0.472. The Bertz CT molecular complexity index is 3510. The smallest absolute Gasteiger partial charge is 0.493 e. The van der Waals surface area contributed by atoms with Crippen molar-refractivity contribution in [3.63, 3.8) is 0 Å². The number of ether oxygens (including phenoxy) is 2. The predicted octanol–water partition coefficient (Wildman–Crippen LogP) is 2.31. The molecule has 22 nitrogen and oxygen atoms in total. The van der Waals surface area contributed by atoms with Gasteiger partial charge in [-0.15, -0.1) is 16.3 Å². The van der Waals surface area contributed by atoms with E-state index < -0.39 is 37.3 Å². The summed E-state index contributed by atoms with van der Waals surface area (Å²) in [6.45, 7) is 18.7. The van der Waals surface area contributed by atoms with E-state index in [0.29, 0.717) is 140 Å². The first-order chi connectivity index (χ1) is 36.3. The molecule has 4 aromatic heterocycles. The average Bonchev–Trinajstić information content (AvgIpc) is 3.92. The molecule has 0 aliphatic carbocycles. The molecular formula is C53H71LiN12O10S2. The Morgan fingerprint density at radius 2 is 1.12 bits per heavy atom. The summed E-state index contributed by atoms with van der Waals surface area (Å²) in [6, 6.07) is 12.7. The largest absolute Gasteiger partial charge is 1.00 e. The Labute approximate surface area is 468 Å². The molecule has 6 aromatic rings. The van der Waals surface area contributed by atoms with Crippen LogP contribution in [0.5, 0.6) is 11.5 Å². The summed E-state index contributed by atoms with van der Waals surface area (Å²) in [5, 5.41) is 36.4. The van der Waals surface area contributed by atoms with Crippen LogP contribution in [0.4, 0.5) is 0 Å². The van der Waals surface area contributed by atoms with Crippen molar-refractivity contribution < 1.29 is 55.1 Å². The zero-order valence-corrected chi connectivity index (χ0v) is 47.0. The number of aldehydes is 1. The molecule has 8 rings (SSSR count). The molecule has 1 unspecified atom stereocenters. The van der Waals surface area contributed by atoms with E-state index >= 15 is 0 Å². The number of H-pyrrole nitrogens is 2.